The highest BCUT2D eigenvalue weighted by atomic mass is 16.5. The maximum Gasteiger partial charge on any atom is 0.322 e. The minimum atomic E-state index is -0.0657. The van der Waals surface area contributed by atoms with Gasteiger partial charge < -0.3 is 10.1 Å². The number of nitrogens with zero attached hydrogens (tertiary/aromatic N) is 2. The summed E-state index contributed by atoms with van der Waals surface area (Å²) in [6.45, 7) is 0.472. The van der Waals surface area contributed by atoms with Crippen LogP contribution in [0.4, 0.5) is 10.5 Å². The summed E-state index contributed by atoms with van der Waals surface area (Å²) in [5.41, 5.74) is 1.81. The largest absolute Gasteiger partial charge is 0.497 e. The summed E-state index contributed by atoms with van der Waals surface area (Å²) in [4.78, 5) is 18.9. The van der Waals surface area contributed by atoms with Crippen LogP contribution >= 0.6 is 0 Å². The number of anilines is 1. The zero-order valence-corrected chi connectivity index (χ0v) is 14.6. The minimum absolute atomic E-state index is 0.0657. The van der Waals surface area contributed by atoms with E-state index in [1.165, 1.54) is 19.3 Å². The summed E-state index contributed by atoms with van der Waals surface area (Å²) in [6.07, 6.45) is 9.29. The van der Waals surface area contributed by atoms with Gasteiger partial charge in [-0.3, -0.25) is 9.88 Å². The van der Waals surface area contributed by atoms with Gasteiger partial charge in [0.1, 0.15) is 5.75 Å². The minimum Gasteiger partial charge on any atom is -0.497 e. The van der Waals surface area contributed by atoms with Crippen LogP contribution in [0, 0.1) is 0 Å². The van der Waals surface area contributed by atoms with Gasteiger partial charge in [-0.1, -0.05) is 31.4 Å². The molecule has 132 valence electrons. The molecule has 0 unspecified atom stereocenters. The summed E-state index contributed by atoms with van der Waals surface area (Å²) in [5, 5.41) is 3.20. The lowest BCUT2D eigenvalue weighted by Crippen LogP contribution is -2.45. The Bertz CT molecular complexity index is 684. The fourth-order valence-electron chi connectivity index (χ4n) is 3.23. The van der Waals surface area contributed by atoms with Crippen LogP contribution in [-0.4, -0.2) is 24.2 Å². The number of pyridine rings is 1. The molecule has 1 fully saturated rings. The van der Waals surface area contributed by atoms with E-state index in [4.69, 9.17) is 4.74 Å². The first-order valence-corrected chi connectivity index (χ1v) is 8.87. The average molecular weight is 339 g/mol. The number of amides is 2. The Hall–Kier alpha value is -2.56. The Morgan fingerprint density at radius 1 is 1.24 bits per heavy atom. The van der Waals surface area contributed by atoms with E-state index >= 15 is 0 Å². The summed E-state index contributed by atoms with van der Waals surface area (Å²) < 4.78 is 5.31. The van der Waals surface area contributed by atoms with Crippen molar-refractivity contribution in [3.63, 3.8) is 0 Å². The lowest BCUT2D eigenvalue weighted by molar-refractivity contribution is 0.238. The number of benzene rings is 1. The monoisotopic (exact) mass is 339 g/mol. The van der Waals surface area contributed by atoms with Crippen molar-refractivity contribution in [2.75, 3.05) is 12.0 Å². The van der Waals surface area contributed by atoms with Crippen LogP contribution in [0.15, 0.2) is 48.8 Å². The van der Waals surface area contributed by atoms with Gasteiger partial charge in [-0.05, 0) is 36.6 Å². The lowest BCUT2D eigenvalue weighted by atomic mass is 9.96. The quantitative estimate of drug-likeness (QED) is 0.891. The van der Waals surface area contributed by atoms with Gasteiger partial charge >= 0.3 is 6.03 Å². The zero-order valence-electron chi connectivity index (χ0n) is 14.6. The molecule has 1 aliphatic carbocycles. The average Bonchev–Trinajstić information content (AvgIpc) is 2.67. The highest BCUT2D eigenvalue weighted by Crippen LogP contribution is 2.24. The first kappa shape index (κ1) is 17.3. The van der Waals surface area contributed by atoms with Crippen molar-refractivity contribution in [1.29, 1.82) is 0 Å². The number of nitrogens with one attached hydrogen (secondary N) is 1. The number of ether oxygens (including phenoxy) is 1. The van der Waals surface area contributed by atoms with Crippen molar-refractivity contribution in [2.24, 2.45) is 0 Å². The van der Waals surface area contributed by atoms with Gasteiger partial charge in [0.2, 0.25) is 0 Å². The number of rotatable bonds is 5. The van der Waals surface area contributed by atoms with E-state index < -0.39 is 0 Å². The van der Waals surface area contributed by atoms with E-state index in [1.807, 2.05) is 36.4 Å². The molecule has 1 heterocycles. The number of urea groups is 1. The van der Waals surface area contributed by atoms with Crippen molar-refractivity contribution in [1.82, 2.24) is 10.3 Å². The Labute approximate surface area is 149 Å². The van der Waals surface area contributed by atoms with Crippen LogP contribution in [0.3, 0.4) is 0 Å². The third-order valence-corrected chi connectivity index (χ3v) is 4.61. The number of carbonyl (C=O) groups is 1. The molecule has 0 saturated heterocycles. The number of hydrogen-bond acceptors (Lipinski definition) is 3. The van der Waals surface area contributed by atoms with E-state index in [1.54, 1.807) is 24.4 Å². The number of carbonyl (C=O) groups excluding carboxylic acids is 1. The maximum atomic E-state index is 13.0. The van der Waals surface area contributed by atoms with E-state index in [0.717, 1.165) is 29.8 Å². The SMILES string of the molecule is COc1cccc(N(Cc2cccnc2)C(=O)NC2CCCCC2)c1. The van der Waals surface area contributed by atoms with Gasteiger partial charge in [-0.25, -0.2) is 4.79 Å². The topological polar surface area (TPSA) is 54.5 Å². The molecular formula is C20H25N3O2. The smallest absolute Gasteiger partial charge is 0.322 e. The van der Waals surface area contributed by atoms with Crippen LogP contribution < -0.4 is 15.0 Å². The van der Waals surface area contributed by atoms with E-state index in [0.29, 0.717) is 6.54 Å². The van der Waals surface area contributed by atoms with Crippen LogP contribution in [-0.2, 0) is 6.54 Å². The molecule has 0 spiro atoms. The molecule has 5 nitrogen and oxygen atoms in total. The molecule has 1 N–H and O–H groups in total. The maximum absolute atomic E-state index is 13.0. The van der Waals surface area contributed by atoms with Crippen molar-refractivity contribution in [3.8, 4) is 5.75 Å². The second-order valence-corrected chi connectivity index (χ2v) is 6.43. The van der Waals surface area contributed by atoms with Gasteiger partial charge in [0, 0.05) is 30.2 Å². The van der Waals surface area contributed by atoms with Gasteiger partial charge in [0.25, 0.3) is 0 Å². The first-order chi connectivity index (χ1) is 12.3. The molecule has 0 aliphatic heterocycles. The second kappa shape index (κ2) is 8.51. The van der Waals surface area contributed by atoms with Gasteiger partial charge in [-0.15, -0.1) is 0 Å². The standard InChI is InChI=1S/C20H25N3O2/c1-25-19-11-5-10-18(13-19)23(15-16-7-6-12-21-14-16)20(24)22-17-8-3-2-4-9-17/h5-7,10-14,17H,2-4,8-9,15H2,1H3,(H,22,24). The Morgan fingerprint density at radius 3 is 2.80 bits per heavy atom. The van der Waals surface area contributed by atoms with Crippen LogP contribution in [0.1, 0.15) is 37.7 Å². The van der Waals surface area contributed by atoms with Gasteiger partial charge in [0.05, 0.1) is 13.7 Å². The third kappa shape index (κ3) is 4.72. The lowest BCUT2D eigenvalue weighted by Gasteiger charge is -2.28. The zero-order chi connectivity index (χ0) is 17.5. The number of hydrogen-bond donors (Lipinski definition) is 1. The van der Waals surface area contributed by atoms with Gasteiger partial charge in [-0.2, -0.15) is 0 Å². The molecular weight excluding hydrogens is 314 g/mol. The summed E-state index contributed by atoms with van der Waals surface area (Å²) in [6, 6.07) is 11.7. The molecule has 3 rings (SSSR count). The molecule has 1 aliphatic rings. The van der Waals surface area contributed by atoms with E-state index in [-0.39, 0.29) is 12.1 Å². The molecule has 2 amide bonds. The summed E-state index contributed by atoms with van der Waals surface area (Å²) in [7, 11) is 1.63. The van der Waals surface area contributed by atoms with E-state index in [9.17, 15) is 4.79 Å². The number of aromatic nitrogens is 1. The molecule has 25 heavy (non-hydrogen) atoms. The molecule has 1 aromatic heterocycles. The molecule has 5 heteroatoms. The molecule has 1 saturated carbocycles. The molecule has 2 aromatic rings. The Morgan fingerprint density at radius 2 is 2.08 bits per heavy atom. The predicted molar refractivity (Wildman–Crippen MR) is 98.8 cm³/mol. The van der Waals surface area contributed by atoms with Crippen molar-refractivity contribution in [3.05, 3.63) is 54.4 Å². The summed E-state index contributed by atoms with van der Waals surface area (Å²) in [5.74, 6) is 0.735. The van der Waals surface area contributed by atoms with Crippen LogP contribution in [0.25, 0.3) is 0 Å². The predicted octanol–water partition coefficient (Wildman–Crippen LogP) is 4.14. The van der Waals surface area contributed by atoms with Crippen molar-refractivity contribution < 1.29 is 9.53 Å². The third-order valence-electron chi connectivity index (χ3n) is 4.61. The second-order valence-electron chi connectivity index (χ2n) is 6.43. The molecule has 0 radical (unpaired) electrons. The molecule has 0 atom stereocenters. The molecule has 0 bridgehead atoms. The first-order valence-electron chi connectivity index (χ1n) is 8.87. The fraction of sp³-hybridized carbons (Fsp3) is 0.400. The normalized spacial score (nSPS) is 14.8. The number of methoxy groups -OCH3 is 1. The van der Waals surface area contributed by atoms with Crippen molar-refractivity contribution in [2.45, 2.75) is 44.7 Å². The van der Waals surface area contributed by atoms with Crippen LogP contribution in [0.5, 0.6) is 5.75 Å². The van der Waals surface area contributed by atoms with Gasteiger partial charge in [0.15, 0.2) is 0 Å². The van der Waals surface area contributed by atoms with E-state index in [2.05, 4.69) is 10.3 Å². The highest BCUT2D eigenvalue weighted by Gasteiger charge is 2.21. The van der Waals surface area contributed by atoms with Crippen LogP contribution in [0.2, 0.25) is 0 Å². The Kier molecular flexibility index (Phi) is 5.88. The molecule has 1 aromatic carbocycles. The Balaban J connectivity index is 1.80. The fourth-order valence-corrected chi connectivity index (χ4v) is 3.23. The summed E-state index contributed by atoms with van der Waals surface area (Å²) >= 11 is 0. The highest BCUT2D eigenvalue weighted by molar-refractivity contribution is 5.92. The van der Waals surface area contributed by atoms with Crippen molar-refractivity contribution >= 4 is 11.7 Å².